The van der Waals surface area contributed by atoms with E-state index in [0.717, 1.165) is 29.8 Å². The van der Waals surface area contributed by atoms with Crippen molar-refractivity contribution < 1.29 is 14.6 Å². The van der Waals surface area contributed by atoms with E-state index in [1.165, 1.54) is 5.56 Å². The minimum Gasteiger partial charge on any atom is -0.493 e. The third kappa shape index (κ3) is 5.53. The summed E-state index contributed by atoms with van der Waals surface area (Å²) in [6, 6.07) is 11.4. The summed E-state index contributed by atoms with van der Waals surface area (Å²) in [6.07, 6.45) is 5.18. The van der Waals surface area contributed by atoms with Crippen LogP contribution in [0.4, 0.5) is 0 Å². The molecule has 1 N–H and O–H groups in total. The molecule has 0 aliphatic rings. The topological polar surface area (TPSA) is 59.4 Å². The Labute approximate surface area is 144 Å². The van der Waals surface area contributed by atoms with E-state index in [0.29, 0.717) is 6.61 Å². The van der Waals surface area contributed by atoms with E-state index in [-0.39, 0.29) is 4.48 Å². The first-order chi connectivity index (χ1) is 11.1. The number of carboxylic acid groups (broad SMARTS) is 1. The summed E-state index contributed by atoms with van der Waals surface area (Å²) >= 11 is 3.00. The second-order valence-corrected chi connectivity index (χ2v) is 5.83. The lowest BCUT2D eigenvalue weighted by Crippen LogP contribution is -2.03. The van der Waals surface area contributed by atoms with E-state index in [4.69, 9.17) is 9.84 Å². The van der Waals surface area contributed by atoms with Crippen LogP contribution < -0.4 is 4.74 Å². The van der Waals surface area contributed by atoms with Crippen molar-refractivity contribution in [3.05, 3.63) is 63.9 Å². The van der Waals surface area contributed by atoms with Crippen LogP contribution in [-0.2, 0) is 17.6 Å². The van der Waals surface area contributed by atoms with Gasteiger partial charge in [0.2, 0.25) is 0 Å². The molecule has 0 aliphatic heterocycles. The highest BCUT2D eigenvalue weighted by Gasteiger charge is 2.02. The second kappa shape index (κ2) is 8.48. The molecule has 0 spiro atoms. The highest BCUT2D eigenvalue weighted by atomic mass is 79.9. The van der Waals surface area contributed by atoms with Crippen LogP contribution in [-0.4, -0.2) is 22.7 Å². The lowest BCUT2D eigenvalue weighted by atomic mass is 10.2. The molecular formula is C18H18BrNO3. The summed E-state index contributed by atoms with van der Waals surface area (Å²) in [5.41, 5.74) is 3.03. The average Bonchev–Trinajstić information content (AvgIpc) is 2.57. The van der Waals surface area contributed by atoms with E-state index in [9.17, 15) is 4.79 Å². The van der Waals surface area contributed by atoms with Gasteiger partial charge >= 0.3 is 5.97 Å². The standard InChI is InChI=1S/C18H18BrNO3/c1-2-13-3-6-15(20-12-13)9-10-23-16-7-4-14(5-8-16)11-17(19)18(21)22/h3-8,11-12H,2,9-10H2,1H3,(H,21,22). The van der Waals surface area contributed by atoms with Gasteiger partial charge in [-0.2, -0.15) is 0 Å². The molecule has 0 bridgehead atoms. The van der Waals surface area contributed by atoms with Crippen LogP contribution in [0.25, 0.3) is 6.08 Å². The Morgan fingerprint density at radius 1 is 1.26 bits per heavy atom. The smallest absolute Gasteiger partial charge is 0.342 e. The Morgan fingerprint density at radius 3 is 2.57 bits per heavy atom. The quantitative estimate of drug-likeness (QED) is 0.740. The predicted molar refractivity (Wildman–Crippen MR) is 93.8 cm³/mol. The van der Waals surface area contributed by atoms with Crippen LogP contribution in [0.15, 0.2) is 47.1 Å². The van der Waals surface area contributed by atoms with Crippen molar-refractivity contribution in [1.82, 2.24) is 4.98 Å². The number of aliphatic carboxylic acids is 1. The molecular weight excluding hydrogens is 358 g/mol. The molecule has 5 heteroatoms. The molecule has 0 unspecified atom stereocenters. The van der Waals surface area contributed by atoms with E-state index < -0.39 is 5.97 Å². The first-order valence-corrected chi connectivity index (χ1v) is 8.15. The molecule has 0 fully saturated rings. The number of hydrogen-bond donors (Lipinski definition) is 1. The van der Waals surface area contributed by atoms with E-state index in [2.05, 4.69) is 33.9 Å². The molecule has 23 heavy (non-hydrogen) atoms. The van der Waals surface area contributed by atoms with Gasteiger partial charge in [0.25, 0.3) is 0 Å². The minimum atomic E-state index is -0.994. The van der Waals surface area contributed by atoms with Crippen molar-refractivity contribution in [2.75, 3.05) is 6.61 Å². The molecule has 120 valence electrons. The van der Waals surface area contributed by atoms with Crippen LogP contribution in [0.2, 0.25) is 0 Å². The van der Waals surface area contributed by atoms with Gasteiger partial charge in [-0.15, -0.1) is 0 Å². The fraction of sp³-hybridized carbons (Fsp3) is 0.222. The van der Waals surface area contributed by atoms with Gasteiger partial charge in [0.15, 0.2) is 0 Å². The zero-order chi connectivity index (χ0) is 16.7. The molecule has 0 saturated carbocycles. The Hall–Kier alpha value is -2.14. The predicted octanol–water partition coefficient (Wildman–Crippen LogP) is 4.09. The molecule has 0 aliphatic carbocycles. The molecule has 2 rings (SSSR count). The Kier molecular flexibility index (Phi) is 6.35. The third-order valence-corrected chi connectivity index (χ3v) is 3.87. The maximum absolute atomic E-state index is 10.7. The SMILES string of the molecule is CCc1ccc(CCOc2ccc(C=C(Br)C(=O)O)cc2)nc1. The number of benzene rings is 1. The van der Waals surface area contributed by atoms with Gasteiger partial charge in [0, 0.05) is 18.3 Å². The Bertz CT molecular complexity index is 678. The number of carbonyl (C=O) groups is 1. The highest BCUT2D eigenvalue weighted by molar-refractivity contribution is 9.12. The van der Waals surface area contributed by atoms with Gasteiger partial charge < -0.3 is 9.84 Å². The van der Waals surface area contributed by atoms with Crippen molar-refractivity contribution in [3.63, 3.8) is 0 Å². The van der Waals surface area contributed by atoms with Crippen molar-refractivity contribution >= 4 is 28.0 Å². The monoisotopic (exact) mass is 375 g/mol. The molecule has 0 atom stereocenters. The second-order valence-electron chi connectivity index (χ2n) is 4.98. The lowest BCUT2D eigenvalue weighted by Gasteiger charge is -2.06. The van der Waals surface area contributed by atoms with E-state index >= 15 is 0 Å². The fourth-order valence-electron chi connectivity index (χ4n) is 1.95. The Morgan fingerprint density at radius 2 is 2.00 bits per heavy atom. The van der Waals surface area contributed by atoms with E-state index in [1.54, 1.807) is 6.08 Å². The summed E-state index contributed by atoms with van der Waals surface area (Å²) in [6.45, 7) is 2.65. The third-order valence-electron chi connectivity index (χ3n) is 3.30. The largest absolute Gasteiger partial charge is 0.493 e. The maximum Gasteiger partial charge on any atom is 0.342 e. The summed E-state index contributed by atoms with van der Waals surface area (Å²) in [5, 5.41) is 8.81. The van der Waals surface area contributed by atoms with Crippen molar-refractivity contribution in [1.29, 1.82) is 0 Å². The number of aromatic nitrogens is 1. The van der Waals surface area contributed by atoms with Crippen LogP contribution >= 0.6 is 15.9 Å². The number of halogens is 1. The highest BCUT2D eigenvalue weighted by Crippen LogP contribution is 2.17. The molecule has 0 radical (unpaired) electrons. The molecule has 1 heterocycles. The minimum absolute atomic E-state index is 0.118. The summed E-state index contributed by atoms with van der Waals surface area (Å²) in [4.78, 5) is 15.1. The number of carboxylic acids is 1. The number of ether oxygens (including phenoxy) is 1. The maximum atomic E-state index is 10.7. The zero-order valence-electron chi connectivity index (χ0n) is 12.8. The molecule has 1 aromatic carbocycles. The number of nitrogens with zero attached hydrogens (tertiary/aromatic N) is 1. The van der Waals surface area contributed by atoms with Crippen LogP contribution in [0.3, 0.4) is 0 Å². The van der Waals surface area contributed by atoms with Crippen LogP contribution in [0.1, 0.15) is 23.7 Å². The van der Waals surface area contributed by atoms with Gasteiger partial charge in [-0.05, 0) is 57.8 Å². The molecule has 0 saturated heterocycles. The number of pyridine rings is 1. The fourth-order valence-corrected chi connectivity index (χ4v) is 2.22. The number of rotatable bonds is 7. The summed E-state index contributed by atoms with van der Waals surface area (Å²) < 4.78 is 5.80. The van der Waals surface area contributed by atoms with Gasteiger partial charge in [0.1, 0.15) is 10.2 Å². The normalized spacial score (nSPS) is 11.3. The zero-order valence-corrected chi connectivity index (χ0v) is 14.4. The van der Waals surface area contributed by atoms with Gasteiger partial charge in [-0.3, -0.25) is 4.98 Å². The van der Waals surface area contributed by atoms with Gasteiger partial charge in [0.05, 0.1) is 6.61 Å². The first-order valence-electron chi connectivity index (χ1n) is 7.35. The van der Waals surface area contributed by atoms with Crippen molar-refractivity contribution in [2.24, 2.45) is 0 Å². The average molecular weight is 376 g/mol. The number of hydrogen-bond acceptors (Lipinski definition) is 3. The van der Waals surface area contributed by atoms with Crippen molar-refractivity contribution in [3.8, 4) is 5.75 Å². The first kappa shape index (κ1) is 17.2. The summed E-state index contributed by atoms with van der Waals surface area (Å²) in [7, 11) is 0. The van der Waals surface area contributed by atoms with Crippen molar-refractivity contribution in [2.45, 2.75) is 19.8 Å². The van der Waals surface area contributed by atoms with E-state index in [1.807, 2.05) is 36.5 Å². The summed E-state index contributed by atoms with van der Waals surface area (Å²) in [5.74, 6) is -0.245. The van der Waals surface area contributed by atoms with Crippen LogP contribution in [0, 0.1) is 0 Å². The lowest BCUT2D eigenvalue weighted by molar-refractivity contribution is -0.131. The van der Waals surface area contributed by atoms with Gasteiger partial charge in [-0.25, -0.2) is 4.79 Å². The number of aryl methyl sites for hydroxylation is 1. The molecule has 4 nitrogen and oxygen atoms in total. The Balaban J connectivity index is 1.86. The molecule has 1 aromatic heterocycles. The van der Waals surface area contributed by atoms with Crippen LogP contribution in [0.5, 0.6) is 5.75 Å². The van der Waals surface area contributed by atoms with Gasteiger partial charge in [-0.1, -0.05) is 25.1 Å². The molecule has 0 amide bonds. The molecule has 2 aromatic rings.